The summed E-state index contributed by atoms with van der Waals surface area (Å²) in [6.45, 7) is 3.58. The lowest BCUT2D eigenvalue weighted by Crippen LogP contribution is -2.31. The third-order valence-corrected chi connectivity index (χ3v) is 2.81. The van der Waals surface area contributed by atoms with Crippen LogP contribution in [0.3, 0.4) is 0 Å². The van der Waals surface area contributed by atoms with E-state index in [0.29, 0.717) is 5.56 Å². The van der Waals surface area contributed by atoms with Crippen LogP contribution in [0.2, 0.25) is 0 Å². The highest BCUT2D eigenvalue weighted by Gasteiger charge is 2.33. The molecule has 0 aromatic carbocycles. The summed E-state index contributed by atoms with van der Waals surface area (Å²) in [5.74, 6) is 0.122. The molecule has 0 aliphatic rings. The summed E-state index contributed by atoms with van der Waals surface area (Å²) in [4.78, 5) is 3.56. The lowest BCUT2D eigenvalue weighted by atomic mass is 10.1. The van der Waals surface area contributed by atoms with E-state index in [-0.39, 0.29) is 30.9 Å². The molecule has 4 N–H and O–H groups in total. The Morgan fingerprint density at radius 2 is 2.00 bits per heavy atom. The van der Waals surface area contributed by atoms with Gasteiger partial charge in [0.05, 0.1) is 12.6 Å². The molecule has 1 unspecified atom stereocenters. The molecular formula is C12H18F3N3O. The van der Waals surface area contributed by atoms with Crippen molar-refractivity contribution in [3.05, 3.63) is 23.4 Å². The second kappa shape index (κ2) is 6.21. The molecule has 0 bridgehead atoms. The number of aliphatic hydroxyl groups is 1. The second-order valence-electron chi connectivity index (χ2n) is 4.58. The number of halogens is 3. The lowest BCUT2D eigenvalue weighted by molar-refractivity contribution is -0.141. The first-order chi connectivity index (χ1) is 8.79. The number of nitrogens with one attached hydrogen (secondary N) is 1. The minimum Gasteiger partial charge on any atom is -0.394 e. The fourth-order valence-corrected chi connectivity index (χ4v) is 1.53. The number of nitrogens with two attached hydrogens (primary N) is 1. The highest BCUT2D eigenvalue weighted by atomic mass is 19.4. The first-order valence-corrected chi connectivity index (χ1v) is 5.94. The van der Waals surface area contributed by atoms with Crippen molar-refractivity contribution in [2.75, 3.05) is 11.9 Å². The van der Waals surface area contributed by atoms with Crippen LogP contribution in [0.4, 0.5) is 19.0 Å². The van der Waals surface area contributed by atoms with Crippen molar-refractivity contribution in [2.45, 2.75) is 32.6 Å². The molecule has 1 atom stereocenters. The van der Waals surface area contributed by atoms with Crippen molar-refractivity contribution in [3.8, 4) is 0 Å². The van der Waals surface area contributed by atoms with E-state index in [4.69, 9.17) is 5.73 Å². The van der Waals surface area contributed by atoms with Gasteiger partial charge < -0.3 is 16.2 Å². The van der Waals surface area contributed by atoms with Gasteiger partial charge >= 0.3 is 6.18 Å². The zero-order valence-electron chi connectivity index (χ0n) is 10.8. The maximum absolute atomic E-state index is 12.6. The summed E-state index contributed by atoms with van der Waals surface area (Å²) in [5.41, 5.74) is 4.98. The molecule has 0 aliphatic heterocycles. The standard InChI is InChI=1S/C12H18F3N3O/c1-7(2)9(6-19)17-11-8(5-16)3-4-10(18-11)12(13,14)15/h3-4,7,9,19H,5-6,16H2,1-2H3,(H,17,18). The molecule has 0 amide bonds. The summed E-state index contributed by atoms with van der Waals surface area (Å²) in [5, 5.41) is 12.0. The maximum Gasteiger partial charge on any atom is 0.433 e. The average molecular weight is 277 g/mol. The first-order valence-electron chi connectivity index (χ1n) is 5.94. The van der Waals surface area contributed by atoms with E-state index in [0.717, 1.165) is 6.07 Å². The molecule has 7 heteroatoms. The van der Waals surface area contributed by atoms with Crippen LogP contribution in [-0.2, 0) is 12.7 Å². The zero-order chi connectivity index (χ0) is 14.6. The van der Waals surface area contributed by atoms with Gasteiger partial charge in [-0.05, 0) is 12.0 Å². The van der Waals surface area contributed by atoms with E-state index in [9.17, 15) is 18.3 Å². The van der Waals surface area contributed by atoms with E-state index < -0.39 is 11.9 Å². The number of hydrogen-bond donors (Lipinski definition) is 3. The first kappa shape index (κ1) is 15.7. The molecule has 0 fully saturated rings. The van der Waals surface area contributed by atoms with Gasteiger partial charge in [-0.15, -0.1) is 0 Å². The summed E-state index contributed by atoms with van der Waals surface area (Å²) in [7, 11) is 0. The van der Waals surface area contributed by atoms with E-state index >= 15 is 0 Å². The number of nitrogens with zero attached hydrogens (tertiary/aromatic N) is 1. The predicted octanol–water partition coefficient (Wildman–Crippen LogP) is 1.99. The Hall–Kier alpha value is -1.34. The summed E-state index contributed by atoms with van der Waals surface area (Å²) >= 11 is 0. The Labute approximate surface area is 109 Å². The zero-order valence-corrected chi connectivity index (χ0v) is 10.8. The number of rotatable bonds is 5. The van der Waals surface area contributed by atoms with Gasteiger partial charge in [0, 0.05) is 12.1 Å². The number of hydrogen-bond acceptors (Lipinski definition) is 4. The molecule has 4 nitrogen and oxygen atoms in total. The fourth-order valence-electron chi connectivity index (χ4n) is 1.53. The largest absolute Gasteiger partial charge is 0.433 e. The molecule has 1 heterocycles. The minimum atomic E-state index is -4.50. The molecule has 1 aromatic heterocycles. The van der Waals surface area contributed by atoms with Crippen molar-refractivity contribution in [1.29, 1.82) is 0 Å². The summed E-state index contributed by atoms with van der Waals surface area (Å²) in [6, 6.07) is 1.82. The predicted molar refractivity (Wildman–Crippen MR) is 66.5 cm³/mol. The van der Waals surface area contributed by atoms with E-state index in [2.05, 4.69) is 10.3 Å². The van der Waals surface area contributed by atoms with Gasteiger partial charge in [-0.3, -0.25) is 0 Å². The normalized spacial score (nSPS) is 13.7. The number of aromatic nitrogens is 1. The minimum absolute atomic E-state index is 0.0481. The Morgan fingerprint density at radius 1 is 1.37 bits per heavy atom. The van der Waals surface area contributed by atoms with Crippen molar-refractivity contribution in [2.24, 2.45) is 11.7 Å². The Morgan fingerprint density at radius 3 is 2.42 bits per heavy atom. The summed E-state index contributed by atoms with van der Waals surface area (Å²) in [6.07, 6.45) is -4.50. The smallest absolute Gasteiger partial charge is 0.394 e. The molecule has 0 saturated heterocycles. The highest BCUT2D eigenvalue weighted by molar-refractivity contribution is 5.46. The van der Waals surface area contributed by atoms with E-state index in [1.807, 2.05) is 13.8 Å². The number of anilines is 1. The van der Waals surface area contributed by atoms with Crippen LogP contribution in [0, 0.1) is 5.92 Å². The average Bonchev–Trinajstić information content (AvgIpc) is 2.34. The quantitative estimate of drug-likeness (QED) is 0.769. The van der Waals surface area contributed by atoms with Gasteiger partial charge in [-0.1, -0.05) is 19.9 Å². The topological polar surface area (TPSA) is 71.2 Å². The fraction of sp³-hybridized carbons (Fsp3) is 0.583. The van der Waals surface area contributed by atoms with Gasteiger partial charge in [0.25, 0.3) is 0 Å². The molecule has 0 spiro atoms. The molecule has 19 heavy (non-hydrogen) atoms. The molecular weight excluding hydrogens is 259 g/mol. The van der Waals surface area contributed by atoms with Crippen molar-refractivity contribution in [3.63, 3.8) is 0 Å². The molecule has 0 aliphatic carbocycles. The van der Waals surface area contributed by atoms with Crippen LogP contribution in [0.15, 0.2) is 12.1 Å². The molecule has 108 valence electrons. The van der Waals surface area contributed by atoms with Crippen molar-refractivity contribution >= 4 is 5.82 Å². The third-order valence-electron chi connectivity index (χ3n) is 2.81. The van der Waals surface area contributed by atoms with Crippen molar-refractivity contribution in [1.82, 2.24) is 4.98 Å². The number of pyridine rings is 1. The van der Waals surface area contributed by atoms with Gasteiger partial charge in [-0.25, -0.2) is 4.98 Å². The molecule has 0 saturated carbocycles. The van der Waals surface area contributed by atoms with Gasteiger partial charge in [0.1, 0.15) is 11.5 Å². The van der Waals surface area contributed by atoms with E-state index in [1.165, 1.54) is 6.07 Å². The Balaban J connectivity index is 3.09. The number of alkyl halides is 3. The Kier molecular flexibility index (Phi) is 5.13. The van der Waals surface area contributed by atoms with Gasteiger partial charge in [-0.2, -0.15) is 13.2 Å². The molecule has 0 radical (unpaired) electrons. The summed E-state index contributed by atoms with van der Waals surface area (Å²) < 4.78 is 37.8. The van der Waals surface area contributed by atoms with Gasteiger partial charge in [0.15, 0.2) is 0 Å². The SMILES string of the molecule is CC(C)C(CO)Nc1nc(C(F)(F)F)ccc1CN. The number of aliphatic hydroxyl groups excluding tert-OH is 1. The lowest BCUT2D eigenvalue weighted by Gasteiger charge is -2.22. The van der Waals surface area contributed by atoms with Crippen LogP contribution in [0.5, 0.6) is 0 Å². The van der Waals surface area contributed by atoms with Crippen LogP contribution in [0.25, 0.3) is 0 Å². The van der Waals surface area contributed by atoms with Crippen LogP contribution in [-0.4, -0.2) is 22.7 Å². The monoisotopic (exact) mass is 277 g/mol. The second-order valence-corrected chi connectivity index (χ2v) is 4.58. The highest BCUT2D eigenvalue weighted by Crippen LogP contribution is 2.29. The van der Waals surface area contributed by atoms with Crippen LogP contribution >= 0.6 is 0 Å². The third kappa shape index (κ3) is 4.07. The van der Waals surface area contributed by atoms with Crippen LogP contribution < -0.4 is 11.1 Å². The van der Waals surface area contributed by atoms with Gasteiger partial charge in [0.2, 0.25) is 0 Å². The van der Waals surface area contributed by atoms with E-state index in [1.54, 1.807) is 0 Å². The molecule has 1 aromatic rings. The van der Waals surface area contributed by atoms with Crippen LogP contribution in [0.1, 0.15) is 25.1 Å². The maximum atomic E-state index is 12.6. The van der Waals surface area contributed by atoms with Crippen molar-refractivity contribution < 1.29 is 18.3 Å². The Bertz CT molecular complexity index is 421. The molecule has 1 rings (SSSR count).